The van der Waals surface area contributed by atoms with E-state index in [2.05, 4.69) is 41.5 Å². The second kappa shape index (κ2) is 8.60. The minimum absolute atomic E-state index is 0.0255. The van der Waals surface area contributed by atoms with Crippen LogP contribution in [0.4, 0.5) is 0 Å². The lowest BCUT2D eigenvalue weighted by Gasteiger charge is -2.59. The van der Waals surface area contributed by atoms with Gasteiger partial charge in [-0.25, -0.2) is 0 Å². The molecule has 0 aromatic rings. The molecule has 4 aliphatic rings. The Bertz CT molecular complexity index is 695. The number of carbonyl (C=O) groups excluding carboxylic acids is 2. The van der Waals surface area contributed by atoms with Gasteiger partial charge in [0, 0.05) is 25.2 Å². The standard InChI is InChI=1S/C29H48O2/c1-7-20(18(2)3)9-8-19(4)23-10-11-24-22-17-27(31)26-16-21(30)12-14-29(26,6)25(22)13-15-28(23,24)5/h18-20,22-26H,7-17H2,1-6H3/t19?,20?,22-,23+,24-,25-,26?,28+,29+/m0/s1. The first-order valence-electron chi connectivity index (χ1n) is 13.7. The third kappa shape index (κ3) is 3.86. The molecule has 0 N–H and O–H groups in total. The van der Waals surface area contributed by atoms with E-state index in [1.54, 1.807) is 0 Å². The largest absolute Gasteiger partial charge is 0.300 e. The highest BCUT2D eigenvalue weighted by atomic mass is 16.1. The highest BCUT2D eigenvalue weighted by molar-refractivity contribution is 5.90. The zero-order valence-electron chi connectivity index (χ0n) is 21.2. The Kier molecular flexibility index (Phi) is 6.52. The van der Waals surface area contributed by atoms with Gasteiger partial charge in [-0.05, 0) is 90.8 Å². The molecule has 0 spiro atoms. The van der Waals surface area contributed by atoms with Gasteiger partial charge in [-0.2, -0.15) is 0 Å². The van der Waals surface area contributed by atoms with Crippen LogP contribution in [0, 0.1) is 58.2 Å². The fraction of sp³-hybridized carbons (Fsp3) is 0.931. The van der Waals surface area contributed by atoms with Crippen LogP contribution in [0.1, 0.15) is 112 Å². The first-order valence-corrected chi connectivity index (χ1v) is 13.7. The minimum Gasteiger partial charge on any atom is -0.300 e. The van der Waals surface area contributed by atoms with Gasteiger partial charge in [0.2, 0.25) is 0 Å². The number of rotatable bonds is 6. The fourth-order valence-electron chi connectivity index (χ4n) is 9.50. The maximum Gasteiger partial charge on any atom is 0.137 e. The number of carbonyl (C=O) groups is 2. The van der Waals surface area contributed by atoms with Gasteiger partial charge in [0.25, 0.3) is 0 Å². The normalized spacial score (nSPS) is 44.5. The van der Waals surface area contributed by atoms with Gasteiger partial charge in [-0.3, -0.25) is 9.59 Å². The van der Waals surface area contributed by atoms with Gasteiger partial charge in [0.05, 0.1) is 0 Å². The summed E-state index contributed by atoms with van der Waals surface area (Å²) in [6, 6.07) is 0. The predicted octanol–water partition coefficient (Wildman–Crippen LogP) is 7.49. The van der Waals surface area contributed by atoms with Crippen molar-refractivity contribution in [3.63, 3.8) is 0 Å². The summed E-state index contributed by atoms with van der Waals surface area (Å²) in [4.78, 5) is 25.4. The molecule has 0 bridgehead atoms. The average Bonchev–Trinajstić information content (AvgIpc) is 3.07. The van der Waals surface area contributed by atoms with Crippen LogP contribution in [0.3, 0.4) is 0 Å². The Morgan fingerprint density at radius 3 is 2.29 bits per heavy atom. The van der Waals surface area contributed by atoms with Crippen molar-refractivity contribution in [1.82, 2.24) is 0 Å². The van der Waals surface area contributed by atoms with Crippen LogP contribution in [-0.2, 0) is 9.59 Å². The highest BCUT2D eigenvalue weighted by Gasteiger charge is 2.62. The molecule has 0 heterocycles. The summed E-state index contributed by atoms with van der Waals surface area (Å²) in [5.41, 5.74) is 0.513. The minimum atomic E-state index is 0.0255. The topological polar surface area (TPSA) is 34.1 Å². The third-order valence-corrected chi connectivity index (χ3v) is 11.5. The van der Waals surface area contributed by atoms with Gasteiger partial charge < -0.3 is 0 Å². The molecule has 2 heteroatoms. The first-order chi connectivity index (χ1) is 14.6. The number of fused-ring (bicyclic) bond motifs is 5. The van der Waals surface area contributed by atoms with Crippen molar-refractivity contribution in [2.24, 2.45) is 58.2 Å². The van der Waals surface area contributed by atoms with Crippen LogP contribution >= 0.6 is 0 Å². The summed E-state index contributed by atoms with van der Waals surface area (Å²) < 4.78 is 0. The Hall–Kier alpha value is -0.660. The molecule has 4 fully saturated rings. The second-order valence-electron chi connectivity index (χ2n) is 13.0. The Morgan fingerprint density at radius 2 is 1.61 bits per heavy atom. The van der Waals surface area contributed by atoms with E-state index in [4.69, 9.17) is 0 Å². The molecule has 4 aliphatic carbocycles. The van der Waals surface area contributed by atoms with Crippen molar-refractivity contribution in [2.45, 2.75) is 112 Å². The van der Waals surface area contributed by atoms with E-state index < -0.39 is 0 Å². The van der Waals surface area contributed by atoms with Crippen molar-refractivity contribution < 1.29 is 9.59 Å². The molecule has 0 aromatic carbocycles. The molecule has 9 atom stereocenters. The van der Waals surface area contributed by atoms with Crippen LogP contribution < -0.4 is 0 Å². The van der Waals surface area contributed by atoms with E-state index in [0.29, 0.717) is 41.7 Å². The second-order valence-corrected chi connectivity index (χ2v) is 13.0. The fourth-order valence-corrected chi connectivity index (χ4v) is 9.50. The Morgan fingerprint density at radius 1 is 0.903 bits per heavy atom. The molecule has 0 amide bonds. The van der Waals surface area contributed by atoms with Crippen LogP contribution in [0.25, 0.3) is 0 Å². The molecular formula is C29H48O2. The van der Waals surface area contributed by atoms with E-state index in [1.807, 2.05) is 0 Å². The molecule has 2 nitrogen and oxygen atoms in total. The molecule has 0 aromatic heterocycles. The zero-order valence-corrected chi connectivity index (χ0v) is 21.2. The van der Waals surface area contributed by atoms with Gasteiger partial charge >= 0.3 is 0 Å². The number of hydrogen-bond acceptors (Lipinski definition) is 2. The van der Waals surface area contributed by atoms with Crippen LogP contribution in [0.2, 0.25) is 0 Å². The smallest absolute Gasteiger partial charge is 0.137 e. The quantitative estimate of drug-likeness (QED) is 0.439. The third-order valence-electron chi connectivity index (χ3n) is 11.5. The molecule has 31 heavy (non-hydrogen) atoms. The Labute approximate surface area is 191 Å². The summed E-state index contributed by atoms with van der Waals surface area (Å²) in [6.45, 7) is 14.7. The first kappa shape index (κ1) is 23.5. The average molecular weight is 429 g/mol. The molecule has 3 unspecified atom stereocenters. The summed E-state index contributed by atoms with van der Waals surface area (Å²) >= 11 is 0. The van der Waals surface area contributed by atoms with Gasteiger partial charge in [-0.15, -0.1) is 0 Å². The maximum atomic E-state index is 13.3. The van der Waals surface area contributed by atoms with Gasteiger partial charge in [0.15, 0.2) is 0 Å². The lowest BCUT2D eigenvalue weighted by atomic mass is 9.44. The molecule has 4 rings (SSSR count). The van der Waals surface area contributed by atoms with Gasteiger partial charge in [0.1, 0.15) is 11.6 Å². The molecule has 0 aliphatic heterocycles. The molecular weight excluding hydrogens is 380 g/mol. The lowest BCUT2D eigenvalue weighted by Crippen LogP contribution is -2.56. The monoisotopic (exact) mass is 428 g/mol. The van der Waals surface area contributed by atoms with E-state index in [9.17, 15) is 9.59 Å². The van der Waals surface area contributed by atoms with Crippen LogP contribution in [-0.4, -0.2) is 11.6 Å². The molecule has 0 saturated heterocycles. The Balaban J connectivity index is 1.49. The van der Waals surface area contributed by atoms with Crippen LogP contribution in [0.5, 0.6) is 0 Å². The lowest BCUT2D eigenvalue weighted by molar-refractivity contribution is -0.159. The summed E-state index contributed by atoms with van der Waals surface area (Å²) in [7, 11) is 0. The zero-order chi connectivity index (χ0) is 22.6. The van der Waals surface area contributed by atoms with E-state index in [-0.39, 0.29) is 11.3 Å². The maximum absolute atomic E-state index is 13.3. The molecule has 0 radical (unpaired) electrons. The summed E-state index contributed by atoms with van der Waals surface area (Å²) in [6.07, 6.45) is 12.4. The van der Waals surface area contributed by atoms with Crippen LogP contribution in [0.15, 0.2) is 0 Å². The van der Waals surface area contributed by atoms with Crippen molar-refractivity contribution >= 4 is 11.6 Å². The molecule has 4 saturated carbocycles. The predicted molar refractivity (Wildman–Crippen MR) is 128 cm³/mol. The summed E-state index contributed by atoms with van der Waals surface area (Å²) in [5.74, 6) is 6.05. The highest BCUT2D eigenvalue weighted by Crippen LogP contribution is 2.67. The number of ketones is 2. The van der Waals surface area contributed by atoms with Crippen molar-refractivity contribution in [3.8, 4) is 0 Å². The van der Waals surface area contributed by atoms with Crippen molar-refractivity contribution in [3.05, 3.63) is 0 Å². The number of Topliss-reactive ketones (excluding diaryl/α,β-unsaturated/α-hetero) is 2. The van der Waals surface area contributed by atoms with E-state index >= 15 is 0 Å². The number of hydrogen-bond donors (Lipinski definition) is 0. The van der Waals surface area contributed by atoms with E-state index in [1.165, 1.54) is 44.9 Å². The SMILES string of the molecule is CCC(CCC(C)[C@H]1CC[C@H]2[C@@H]3CC(=O)C4CC(=O)CC[C@]4(C)[C@H]3CC[C@]12C)C(C)C. The molecule has 176 valence electrons. The van der Waals surface area contributed by atoms with Crippen molar-refractivity contribution in [2.75, 3.05) is 0 Å². The van der Waals surface area contributed by atoms with E-state index in [0.717, 1.165) is 42.4 Å². The summed E-state index contributed by atoms with van der Waals surface area (Å²) in [5, 5.41) is 0. The van der Waals surface area contributed by atoms with Gasteiger partial charge in [-0.1, -0.05) is 54.4 Å². The van der Waals surface area contributed by atoms with Crippen molar-refractivity contribution in [1.29, 1.82) is 0 Å².